The van der Waals surface area contributed by atoms with Gasteiger partial charge in [0.1, 0.15) is 6.54 Å². The number of carbonyl (C=O) groups is 1. The van der Waals surface area contributed by atoms with Crippen LogP contribution in [-0.4, -0.2) is 38.3 Å². The third kappa shape index (κ3) is 5.04. The molecule has 1 aromatic carbocycles. The van der Waals surface area contributed by atoms with Crippen LogP contribution < -0.4 is 9.73 Å². The van der Waals surface area contributed by atoms with Gasteiger partial charge in [-0.05, 0) is 24.3 Å². The molecule has 0 fully saturated rings. The first-order chi connectivity index (χ1) is 11.4. The Balaban J connectivity index is 2.09. The van der Waals surface area contributed by atoms with Gasteiger partial charge in [0.05, 0.1) is 28.9 Å². The molecule has 1 aromatic heterocycles. The van der Waals surface area contributed by atoms with Gasteiger partial charge in [-0.15, -0.1) is 0 Å². The summed E-state index contributed by atoms with van der Waals surface area (Å²) >= 11 is 6.02. The van der Waals surface area contributed by atoms with Crippen LogP contribution in [-0.2, 0) is 14.8 Å². The van der Waals surface area contributed by atoms with Crippen LogP contribution >= 0.6 is 11.6 Å². The molecule has 0 unspecified atom stereocenters. The van der Waals surface area contributed by atoms with E-state index in [9.17, 15) is 13.2 Å². The minimum atomic E-state index is -3.69. The smallest absolute Gasteiger partial charge is 0.260 e. The number of hydrogen-bond acceptors (Lipinski definition) is 5. The summed E-state index contributed by atoms with van der Waals surface area (Å²) in [5.41, 5.74) is 3.05. The number of hydrogen-bond donors (Lipinski definition) is 1. The highest BCUT2D eigenvalue weighted by atomic mass is 35.5. The number of rotatable bonds is 6. The summed E-state index contributed by atoms with van der Waals surface area (Å²) in [5.74, 6) is -0.604. The first-order valence-electron chi connectivity index (χ1n) is 6.83. The Labute approximate surface area is 145 Å². The van der Waals surface area contributed by atoms with E-state index >= 15 is 0 Å². The Morgan fingerprint density at radius 1 is 1.29 bits per heavy atom. The van der Waals surface area contributed by atoms with E-state index in [-0.39, 0.29) is 10.7 Å². The van der Waals surface area contributed by atoms with Crippen molar-refractivity contribution < 1.29 is 13.2 Å². The number of anilines is 1. The van der Waals surface area contributed by atoms with Gasteiger partial charge in [0, 0.05) is 6.20 Å². The van der Waals surface area contributed by atoms with Crippen molar-refractivity contribution in [1.82, 2.24) is 10.4 Å². The van der Waals surface area contributed by atoms with Crippen LogP contribution in [0.5, 0.6) is 0 Å². The van der Waals surface area contributed by atoms with E-state index in [4.69, 9.17) is 11.6 Å². The highest BCUT2D eigenvalue weighted by Gasteiger charge is 2.22. The van der Waals surface area contributed by atoms with E-state index in [1.165, 1.54) is 12.3 Å². The Hall–Kier alpha value is -2.45. The molecule has 0 atom stereocenters. The quantitative estimate of drug-likeness (QED) is 0.621. The fourth-order valence-electron chi connectivity index (χ4n) is 1.82. The number of aromatic nitrogens is 1. The predicted octanol–water partition coefficient (Wildman–Crippen LogP) is 1.65. The molecule has 126 valence electrons. The van der Waals surface area contributed by atoms with Gasteiger partial charge in [0.25, 0.3) is 5.91 Å². The molecule has 0 aliphatic heterocycles. The monoisotopic (exact) mass is 366 g/mol. The first kappa shape index (κ1) is 17.9. The molecule has 2 rings (SSSR count). The summed E-state index contributed by atoms with van der Waals surface area (Å²) < 4.78 is 24.8. The predicted molar refractivity (Wildman–Crippen MR) is 93.6 cm³/mol. The topological polar surface area (TPSA) is 91.7 Å². The molecule has 1 amide bonds. The van der Waals surface area contributed by atoms with Crippen molar-refractivity contribution >= 4 is 39.4 Å². The lowest BCUT2D eigenvalue weighted by Crippen LogP contribution is -2.39. The van der Waals surface area contributed by atoms with Crippen LogP contribution in [0, 0.1) is 0 Å². The number of amides is 1. The molecule has 0 aliphatic rings. The van der Waals surface area contributed by atoms with Crippen molar-refractivity contribution in [3.8, 4) is 0 Å². The number of carbonyl (C=O) groups excluding carboxylic acids is 1. The highest BCUT2D eigenvalue weighted by Crippen LogP contribution is 2.26. The summed E-state index contributed by atoms with van der Waals surface area (Å²) in [6.07, 6.45) is 3.95. The Morgan fingerprint density at radius 3 is 2.62 bits per heavy atom. The number of pyridine rings is 1. The summed E-state index contributed by atoms with van der Waals surface area (Å²) in [5, 5.41) is 3.98. The zero-order valence-electron chi connectivity index (χ0n) is 12.8. The minimum absolute atomic E-state index is 0.227. The third-order valence-electron chi connectivity index (χ3n) is 2.88. The van der Waals surface area contributed by atoms with Gasteiger partial charge in [-0.25, -0.2) is 13.8 Å². The van der Waals surface area contributed by atoms with Crippen molar-refractivity contribution in [2.24, 2.45) is 5.10 Å². The van der Waals surface area contributed by atoms with Gasteiger partial charge in [-0.1, -0.05) is 29.8 Å². The molecular formula is C15H15ClN4O3S. The number of benzene rings is 1. The summed E-state index contributed by atoms with van der Waals surface area (Å²) in [6.45, 7) is -0.442. The normalized spacial score (nSPS) is 11.4. The molecule has 1 N–H and O–H groups in total. The van der Waals surface area contributed by atoms with Gasteiger partial charge < -0.3 is 0 Å². The lowest BCUT2D eigenvalue weighted by Gasteiger charge is -2.22. The average molecular weight is 367 g/mol. The van der Waals surface area contributed by atoms with Crippen molar-refractivity contribution in [1.29, 1.82) is 0 Å². The fourth-order valence-corrected chi connectivity index (χ4v) is 2.98. The van der Waals surface area contributed by atoms with Crippen LogP contribution in [0.15, 0.2) is 53.8 Å². The number of sulfonamides is 1. The molecule has 0 saturated heterocycles. The number of para-hydroxylation sites is 1. The Morgan fingerprint density at radius 2 is 2.00 bits per heavy atom. The molecule has 24 heavy (non-hydrogen) atoms. The number of nitrogens with one attached hydrogen (secondary N) is 1. The standard InChI is InChI=1S/C15H15ClN4O3S/c1-24(22,23)20(14-8-3-2-7-13(14)16)11-15(21)19-18-10-12-6-4-5-9-17-12/h2-10H,11H2,1H3,(H,19,21)/b18-10-. The Bertz CT molecular complexity index is 841. The minimum Gasteiger partial charge on any atom is -0.271 e. The largest absolute Gasteiger partial charge is 0.271 e. The van der Waals surface area contributed by atoms with Crippen LogP contribution in [0.1, 0.15) is 5.69 Å². The molecule has 1 heterocycles. The van der Waals surface area contributed by atoms with Gasteiger partial charge in [-0.2, -0.15) is 5.10 Å². The lowest BCUT2D eigenvalue weighted by atomic mass is 10.3. The maximum Gasteiger partial charge on any atom is 0.260 e. The van der Waals surface area contributed by atoms with E-state index in [1.807, 2.05) is 0 Å². The second-order valence-electron chi connectivity index (χ2n) is 4.77. The van der Waals surface area contributed by atoms with E-state index in [0.29, 0.717) is 5.69 Å². The molecule has 7 nitrogen and oxygen atoms in total. The third-order valence-corrected chi connectivity index (χ3v) is 4.33. The second kappa shape index (κ2) is 7.89. The molecule has 0 aliphatic carbocycles. The molecule has 0 bridgehead atoms. The van der Waals surface area contributed by atoms with Crippen molar-refractivity contribution in [3.05, 3.63) is 59.4 Å². The zero-order valence-corrected chi connectivity index (χ0v) is 14.3. The molecule has 0 radical (unpaired) electrons. The number of nitrogens with zero attached hydrogens (tertiary/aromatic N) is 3. The van der Waals surface area contributed by atoms with E-state index in [2.05, 4.69) is 15.5 Å². The molecule has 2 aromatic rings. The zero-order chi connectivity index (χ0) is 17.6. The van der Waals surface area contributed by atoms with E-state index < -0.39 is 22.5 Å². The van der Waals surface area contributed by atoms with Gasteiger partial charge in [-0.3, -0.25) is 14.1 Å². The van der Waals surface area contributed by atoms with Gasteiger partial charge in [0.15, 0.2) is 0 Å². The van der Waals surface area contributed by atoms with Crippen LogP contribution in [0.25, 0.3) is 0 Å². The SMILES string of the molecule is CS(=O)(=O)N(CC(=O)N/N=C\c1ccccn1)c1ccccc1Cl. The highest BCUT2D eigenvalue weighted by molar-refractivity contribution is 7.92. The van der Waals surface area contributed by atoms with Crippen LogP contribution in [0.3, 0.4) is 0 Å². The summed E-state index contributed by atoms with van der Waals surface area (Å²) in [6, 6.07) is 11.6. The van der Waals surface area contributed by atoms with E-state index in [1.54, 1.807) is 42.6 Å². The molecule has 0 saturated carbocycles. The second-order valence-corrected chi connectivity index (χ2v) is 7.08. The van der Waals surface area contributed by atoms with Crippen LogP contribution in [0.2, 0.25) is 5.02 Å². The summed E-state index contributed by atoms with van der Waals surface area (Å²) in [7, 11) is -3.69. The molecule has 9 heteroatoms. The Kier molecular flexibility index (Phi) is 5.88. The van der Waals surface area contributed by atoms with E-state index in [0.717, 1.165) is 10.6 Å². The van der Waals surface area contributed by atoms with Crippen LogP contribution in [0.4, 0.5) is 5.69 Å². The van der Waals surface area contributed by atoms with Gasteiger partial charge in [0.2, 0.25) is 10.0 Å². The molecule has 0 spiro atoms. The lowest BCUT2D eigenvalue weighted by molar-refractivity contribution is -0.119. The first-order valence-corrected chi connectivity index (χ1v) is 9.06. The van der Waals surface area contributed by atoms with Crippen molar-refractivity contribution in [3.63, 3.8) is 0 Å². The molecular weight excluding hydrogens is 352 g/mol. The maximum atomic E-state index is 12.0. The maximum absolute atomic E-state index is 12.0. The van der Waals surface area contributed by atoms with Crippen molar-refractivity contribution in [2.45, 2.75) is 0 Å². The number of halogens is 1. The van der Waals surface area contributed by atoms with Crippen molar-refractivity contribution in [2.75, 3.05) is 17.1 Å². The van der Waals surface area contributed by atoms with Gasteiger partial charge >= 0.3 is 0 Å². The number of hydrazone groups is 1. The summed E-state index contributed by atoms with van der Waals surface area (Å²) in [4.78, 5) is 16.0. The average Bonchev–Trinajstić information content (AvgIpc) is 2.53. The fraction of sp³-hybridized carbons (Fsp3) is 0.133.